The van der Waals surface area contributed by atoms with E-state index in [2.05, 4.69) is 9.97 Å². The molecular formula is C11H17N3O. The van der Waals surface area contributed by atoms with E-state index in [4.69, 9.17) is 10.5 Å². The lowest BCUT2D eigenvalue weighted by Gasteiger charge is -2.17. The van der Waals surface area contributed by atoms with Crippen LogP contribution in [0.5, 0.6) is 5.88 Å². The molecule has 1 aliphatic rings. The summed E-state index contributed by atoms with van der Waals surface area (Å²) in [7, 11) is 0. The van der Waals surface area contributed by atoms with Gasteiger partial charge in [0.25, 0.3) is 0 Å². The maximum Gasteiger partial charge on any atom is 0.232 e. The van der Waals surface area contributed by atoms with Crippen LogP contribution in [0.25, 0.3) is 0 Å². The lowest BCUT2D eigenvalue weighted by atomic mass is 9.97. The van der Waals surface area contributed by atoms with Crippen LogP contribution in [0.3, 0.4) is 0 Å². The Hall–Kier alpha value is -1.16. The van der Waals surface area contributed by atoms with Gasteiger partial charge in [0.15, 0.2) is 0 Å². The number of nitrogens with two attached hydrogens (primary N) is 1. The van der Waals surface area contributed by atoms with Crippen LogP contribution < -0.4 is 10.5 Å². The fraction of sp³-hybridized carbons (Fsp3) is 0.636. The first-order valence-corrected chi connectivity index (χ1v) is 5.49. The molecule has 1 aromatic rings. The molecule has 0 saturated heterocycles. The van der Waals surface area contributed by atoms with E-state index in [0.29, 0.717) is 17.7 Å². The first-order chi connectivity index (χ1) is 7.40. The van der Waals surface area contributed by atoms with Gasteiger partial charge in [0, 0.05) is 12.4 Å². The van der Waals surface area contributed by atoms with E-state index in [0.717, 1.165) is 13.2 Å². The van der Waals surface area contributed by atoms with Crippen molar-refractivity contribution in [2.45, 2.75) is 19.3 Å². The normalized spacial score (nSPS) is 25.4. The molecule has 1 saturated carbocycles. The highest BCUT2D eigenvalue weighted by molar-refractivity contribution is 5.01. The molecule has 1 aromatic heterocycles. The van der Waals surface area contributed by atoms with Crippen LogP contribution in [0, 0.1) is 11.8 Å². The topological polar surface area (TPSA) is 61.0 Å². The molecule has 4 nitrogen and oxygen atoms in total. The SMILES string of the molecule is NCC1CCCC1COc1cnccn1. The predicted octanol–water partition coefficient (Wildman–Crippen LogP) is 1.23. The number of ether oxygens (including phenoxy) is 1. The van der Waals surface area contributed by atoms with E-state index in [9.17, 15) is 0 Å². The standard InChI is InChI=1S/C11H17N3O/c12-6-9-2-1-3-10(9)8-15-11-7-13-4-5-14-11/h4-5,7,9-10H,1-3,6,8,12H2. The summed E-state index contributed by atoms with van der Waals surface area (Å²) < 4.78 is 5.59. The molecule has 82 valence electrons. The molecule has 4 heteroatoms. The fourth-order valence-electron chi connectivity index (χ4n) is 2.20. The largest absolute Gasteiger partial charge is 0.476 e. The second-order valence-corrected chi connectivity index (χ2v) is 4.04. The van der Waals surface area contributed by atoms with Crippen molar-refractivity contribution in [3.8, 4) is 5.88 Å². The quantitative estimate of drug-likeness (QED) is 0.806. The first-order valence-electron chi connectivity index (χ1n) is 5.49. The Morgan fingerprint density at radius 2 is 2.20 bits per heavy atom. The van der Waals surface area contributed by atoms with Crippen LogP contribution in [0.1, 0.15) is 19.3 Å². The van der Waals surface area contributed by atoms with Gasteiger partial charge < -0.3 is 10.5 Å². The van der Waals surface area contributed by atoms with E-state index in [1.165, 1.54) is 19.3 Å². The highest BCUT2D eigenvalue weighted by atomic mass is 16.5. The van der Waals surface area contributed by atoms with Crippen molar-refractivity contribution in [1.29, 1.82) is 0 Å². The van der Waals surface area contributed by atoms with Crippen LogP contribution in [0.15, 0.2) is 18.6 Å². The summed E-state index contributed by atoms with van der Waals surface area (Å²) in [5.41, 5.74) is 5.71. The van der Waals surface area contributed by atoms with Crippen molar-refractivity contribution in [1.82, 2.24) is 9.97 Å². The number of hydrogen-bond donors (Lipinski definition) is 1. The molecule has 0 amide bonds. The third kappa shape index (κ3) is 2.65. The van der Waals surface area contributed by atoms with Crippen molar-refractivity contribution in [3.63, 3.8) is 0 Å². The van der Waals surface area contributed by atoms with Gasteiger partial charge in [-0.2, -0.15) is 0 Å². The zero-order valence-corrected chi connectivity index (χ0v) is 8.80. The fourth-order valence-corrected chi connectivity index (χ4v) is 2.20. The Morgan fingerprint density at radius 1 is 1.33 bits per heavy atom. The number of aromatic nitrogens is 2. The lowest BCUT2D eigenvalue weighted by Crippen LogP contribution is -2.23. The molecule has 0 bridgehead atoms. The molecule has 2 unspecified atom stereocenters. The Balaban J connectivity index is 1.83. The van der Waals surface area contributed by atoms with Crippen molar-refractivity contribution >= 4 is 0 Å². The Morgan fingerprint density at radius 3 is 2.93 bits per heavy atom. The summed E-state index contributed by atoms with van der Waals surface area (Å²) in [5.74, 6) is 1.83. The number of rotatable bonds is 4. The van der Waals surface area contributed by atoms with Gasteiger partial charge in [0.2, 0.25) is 5.88 Å². The Labute approximate surface area is 89.9 Å². The van der Waals surface area contributed by atoms with Crippen LogP contribution in [-0.2, 0) is 0 Å². The van der Waals surface area contributed by atoms with E-state index in [1.54, 1.807) is 18.6 Å². The average Bonchev–Trinajstić information content (AvgIpc) is 2.75. The van der Waals surface area contributed by atoms with E-state index in [-0.39, 0.29) is 0 Å². The second-order valence-electron chi connectivity index (χ2n) is 4.04. The van der Waals surface area contributed by atoms with Crippen molar-refractivity contribution < 1.29 is 4.74 Å². The van der Waals surface area contributed by atoms with Crippen LogP contribution in [0.2, 0.25) is 0 Å². The average molecular weight is 207 g/mol. The van der Waals surface area contributed by atoms with Gasteiger partial charge in [-0.3, -0.25) is 4.98 Å². The molecule has 2 atom stereocenters. The van der Waals surface area contributed by atoms with Gasteiger partial charge in [-0.1, -0.05) is 6.42 Å². The highest BCUT2D eigenvalue weighted by Crippen LogP contribution is 2.31. The summed E-state index contributed by atoms with van der Waals surface area (Å²) in [5, 5.41) is 0. The van der Waals surface area contributed by atoms with Crippen molar-refractivity contribution in [2.24, 2.45) is 17.6 Å². The van der Waals surface area contributed by atoms with Gasteiger partial charge in [0.05, 0.1) is 12.8 Å². The third-order valence-electron chi connectivity index (χ3n) is 3.10. The van der Waals surface area contributed by atoms with E-state index < -0.39 is 0 Å². The molecule has 0 aliphatic heterocycles. The zero-order chi connectivity index (χ0) is 10.5. The number of nitrogens with zero attached hydrogens (tertiary/aromatic N) is 2. The van der Waals surface area contributed by atoms with Crippen LogP contribution >= 0.6 is 0 Å². The molecule has 15 heavy (non-hydrogen) atoms. The monoisotopic (exact) mass is 207 g/mol. The number of hydrogen-bond acceptors (Lipinski definition) is 4. The van der Waals surface area contributed by atoms with Crippen LogP contribution in [0.4, 0.5) is 0 Å². The van der Waals surface area contributed by atoms with Gasteiger partial charge >= 0.3 is 0 Å². The highest BCUT2D eigenvalue weighted by Gasteiger charge is 2.26. The minimum atomic E-state index is 0.594. The van der Waals surface area contributed by atoms with Crippen molar-refractivity contribution in [3.05, 3.63) is 18.6 Å². The van der Waals surface area contributed by atoms with Gasteiger partial charge in [0.1, 0.15) is 0 Å². The molecule has 1 fully saturated rings. The maximum atomic E-state index is 5.71. The molecule has 1 heterocycles. The van der Waals surface area contributed by atoms with Gasteiger partial charge in [-0.05, 0) is 31.2 Å². The Kier molecular flexibility index (Phi) is 3.50. The Bertz CT molecular complexity index is 291. The molecule has 2 N–H and O–H groups in total. The predicted molar refractivity (Wildman–Crippen MR) is 57.4 cm³/mol. The summed E-state index contributed by atoms with van der Waals surface area (Å²) in [6, 6.07) is 0. The second kappa shape index (κ2) is 5.07. The lowest BCUT2D eigenvalue weighted by molar-refractivity contribution is 0.209. The molecule has 0 radical (unpaired) electrons. The molecule has 0 spiro atoms. The minimum Gasteiger partial charge on any atom is -0.476 e. The molecular weight excluding hydrogens is 190 g/mol. The summed E-state index contributed by atoms with van der Waals surface area (Å²) >= 11 is 0. The minimum absolute atomic E-state index is 0.594. The first kappa shape index (κ1) is 10.4. The smallest absolute Gasteiger partial charge is 0.232 e. The van der Waals surface area contributed by atoms with E-state index >= 15 is 0 Å². The molecule has 1 aliphatic carbocycles. The summed E-state index contributed by atoms with van der Waals surface area (Å²) in [4.78, 5) is 8.03. The van der Waals surface area contributed by atoms with E-state index in [1.807, 2.05) is 0 Å². The van der Waals surface area contributed by atoms with Crippen molar-refractivity contribution in [2.75, 3.05) is 13.2 Å². The van der Waals surface area contributed by atoms with Gasteiger partial charge in [-0.15, -0.1) is 0 Å². The van der Waals surface area contributed by atoms with Gasteiger partial charge in [-0.25, -0.2) is 4.98 Å². The summed E-state index contributed by atoms with van der Waals surface area (Å²) in [6.45, 7) is 1.50. The zero-order valence-electron chi connectivity index (χ0n) is 8.80. The molecule has 2 rings (SSSR count). The maximum absolute atomic E-state index is 5.71. The summed E-state index contributed by atoms with van der Waals surface area (Å²) in [6.07, 6.45) is 8.67. The van der Waals surface area contributed by atoms with Crippen LogP contribution in [-0.4, -0.2) is 23.1 Å². The third-order valence-corrected chi connectivity index (χ3v) is 3.10. The molecule has 0 aromatic carbocycles.